The van der Waals surface area contributed by atoms with Gasteiger partial charge < -0.3 is 20.4 Å². The molecule has 2 atom stereocenters. The molecule has 6 nitrogen and oxygen atoms in total. The van der Waals surface area contributed by atoms with Crippen LogP contribution in [-0.4, -0.2) is 64.4 Å². The fourth-order valence-electron chi connectivity index (χ4n) is 2.44. The van der Waals surface area contributed by atoms with Crippen LogP contribution in [0.25, 0.3) is 0 Å². The monoisotopic (exact) mass is 304 g/mol. The number of carboxylic acids is 1. The van der Waals surface area contributed by atoms with Crippen molar-refractivity contribution in [3.63, 3.8) is 0 Å². The van der Waals surface area contributed by atoms with Crippen molar-refractivity contribution in [3.05, 3.63) is 0 Å². The van der Waals surface area contributed by atoms with Gasteiger partial charge in [-0.15, -0.1) is 0 Å². The van der Waals surface area contributed by atoms with Crippen LogP contribution >= 0.6 is 11.8 Å². The number of aliphatic hydroxyl groups excluding tert-OH is 1. The molecule has 20 heavy (non-hydrogen) atoms. The third-order valence-electron chi connectivity index (χ3n) is 3.56. The number of carboxylic acid groups (broad SMARTS) is 1. The molecule has 1 aliphatic rings. The van der Waals surface area contributed by atoms with Crippen molar-refractivity contribution in [2.75, 3.05) is 25.2 Å². The maximum absolute atomic E-state index is 12.2. The SMILES string of the molecule is CSCC[C@@H](NC(=O)N1CCCCC1CCO)C(=O)O. The summed E-state index contributed by atoms with van der Waals surface area (Å²) in [5.74, 6) is -0.305. The van der Waals surface area contributed by atoms with Gasteiger partial charge in [0.15, 0.2) is 0 Å². The second-order valence-corrected chi connectivity index (χ2v) is 5.96. The molecular formula is C13H24N2O4S. The summed E-state index contributed by atoms with van der Waals surface area (Å²) in [6.07, 6.45) is 5.72. The Kier molecular flexibility index (Phi) is 7.76. The van der Waals surface area contributed by atoms with E-state index >= 15 is 0 Å². The Bertz CT molecular complexity index is 325. The minimum Gasteiger partial charge on any atom is -0.480 e. The Labute approximate surface area is 123 Å². The zero-order chi connectivity index (χ0) is 15.0. The van der Waals surface area contributed by atoms with Crippen LogP contribution in [0.3, 0.4) is 0 Å². The number of piperidine rings is 1. The zero-order valence-electron chi connectivity index (χ0n) is 11.9. The van der Waals surface area contributed by atoms with Gasteiger partial charge in [0.05, 0.1) is 0 Å². The van der Waals surface area contributed by atoms with Crippen molar-refractivity contribution >= 4 is 23.8 Å². The number of hydrogen-bond donors (Lipinski definition) is 3. The van der Waals surface area contributed by atoms with Crippen LogP contribution in [0.4, 0.5) is 4.79 Å². The van der Waals surface area contributed by atoms with E-state index in [0.717, 1.165) is 19.3 Å². The second-order valence-electron chi connectivity index (χ2n) is 4.98. The van der Waals surface area contributed by atoms with Gasteiger partial charge in [-0.1, -0.05) is 0 Å². The first kappa shape index (κ1) is 17.1. The highest BCUT2D eigenvalue weighted by Gasteiger charge is 2.29. The third kappa shape index (κ3) is 5.20. The van der Waals surface area contributed by atoms with Gasteiger partial charge in [-0.25, -0.2) is 9.59 Å². The predicted molar refractivity (Wildman–Crippen MR) is 79.0 cm³/mol. The highest BCUT2D eigenvalue weighted by Crippen LogP contribution is 2.19. The van der Waals surface area contributed by atoms with E-state index in [9.17, 15) is 9.59 Å². The predicted octanol–water partition coefficient (Wildman–Crippen LogP) is 1.14. The van der Waals surface area contributed by atoms with Gasteiger partial charge in [0.2, 0.25) is 0 Å². The molecule has 3 N–H and O–H groups in total. The summed E-state index contributed by atoms with van der Waals surface area (Å²) in [5.41, 5.74) is 0. The smallest absolute Gasteiger partial charge is 0.326 e. The Morgan fingerprint density at radius 3 is 2.80 bits per heavy atom. The molecule has 0 spiro atoms. The zero-order valence-corrected chi connectivity index (χ0v) is 12.7. The highest BCUT2D eigenvalue weighted by molar-refractivity contribution is 7.98. The molecule has 0 aliphatic carbocycles. The van der Waals surface area contributed by atoms with Gasteiger partial charge in [0.25, 0.3) is 0 Å². The van der Waals surface area contributed by atoms with E-state index in [1.54, 1.807) is 16.7 Å². The van der Waals surface area contributed by atoms with Gasteiger partial charge in [-0.05, 0) is 44.1 Å². The van der Waals surface area contributed by atoms with E-state index in [1.165, 1.54) is 0 Å². The topological polar surface area (TPSA) is 89.9 Å². The number of nitrogens with zero attached hydrogens (tertiary/aromatic N) is 1. The minimum atomic E-state index is -0.997. The summed E-state index contributed by atoms with van der Waals surface area (Å²) in [5, 5.41) is 20.8. The first-order chi connectivity index (χ1) is 9.60. The quantitative estimate of drug-likeness (QED) is 0.656. The number of thioether (sulfide) groups is 1. The van der Waals surface area contributed by atoms with E-state index in [-0.39, 0.29) is 18.7 Å². The molecule has 0 bridgehead atoms. The number of rotatable bonds is 7. The molecule has 0 radical (unpaired) electrons. The molecule has 0 saturated carbocycles. The normalized spacial score (nSPS) is 20.5. The Morgan fingerprint density at radius 2 is 2.20 bits per heavy atom. The molecule has 1 heterocycles. The lowest BCUT2D eigenvalue weighted by atomic mass is 10.00. The van der Waals surface area contributed by atoms with Crippen LogP contribution in [0, 0.1) is 0 Å². The molecule has 1 rings (SSSR count). The largest absolute Gasteiger partial charge is 0.480 e. The maximum Gasteiger partial charge on any atom is 0.326 e. The summed E-state index contributed by atoms with van der Waals surface area (Å²) < 4.78 is 0. The van der Waals surface area contributed by atoms with Crippen LogP contribution in [0.15, 0.2) is 0 Å². The Morgan fingerprint density at radius 1 is 1.45 bits per heavy atom. The lowest BCUT2D eigenvalue weighted by Gasteiger charge is -2.36. The van der Waals surface area contributed by atoms with Crippen molar-refractivity contribution in [1.82, 2.24) is 10.2 Å². The Balaban J connectivity index is 2.58. The number of aliphatic hydroxyl groups is 1. The van der Waals surface area contributed by atoms with Crippen molar-refractivity contribution in [2.24, 2.45) is 0 Å². The summed E-state index contributed by atoms with van der Waals surface area (Å²) in [4.78, 5) is 25.0. The average Bonchev–Trinajstić information content (AvgIpc) is 2.43. The van der Waals surface area contributed by atoms with Crippen LogP contribution in [0.5, 0.6) is 0 Å². The van der Waals surface area contributed by atoms with Crippen LogP contribution < -0.4 is 5.32 Å². The van der Waals surface area contributed by atoms with Gasteiger partial charge in [-0.2, -0.15) is 11.8 Å². The summed E-state index contributed by atoms with van der Waals surface area (Å²) in [6, 6.07) is -1.15. The van der Waals surface area contributed by atoms with E-state index in [4.69, 9.17) is 10.2 Å². The van der Waals surface area contributed by atoms with Gasteiger partial charge in [0.1, 0.15) is 6.04 Å². The first-order valence-electron chi connectivity index (χ1n) is 7.00. The lowest BCUT2D eigenvalue weighted by Crippen LogP contribution is -2.53. The van der Waals surface area contributed by atoms with Crippen molar-refractivity contribution in [2.45, 2.75) is 44.2 Å². The summed E-state index contributed by atoms with van der Waals surface area (Å²) >= 11 is 1.56. The standard InChI is InChI=1S/C13H24N2O4S/c1-20-9-6-11(12(17)18)14-13(19)15-7-3-2-4-10(15)5-8-16/h10-11,16H,2-9H2,1H3,(H,14,19)(H,17,18)/t10?,11-/m1/s1. The molecule has 116 valence electrons. The second kappa shape index (κ2) is 9.07. The molecule has 2 amide bonds. The molecule has 1 saturated heterocycles. The molecular weight excluding hydrogens is 280 g/mol. The van der Waals surface area contributed by atoms with E-state index in [0.29, 0.717) is 25.1 Å². The van der Waals surface area contributed by atoms with E-state index in [1.807, 2.05) is 6.26 Å². The van der Waals surface area contributed by atoms with Crippen LogP contribution in [-0.2, 0) is 4.79 Å². The first-order valence-corrected chi connectivity index (χ1v) is 8.39. The van der Waals surface area contributed by atoms with Crippen molar-refractivity contribution in [3.8, 4) is 0 Å². The summed E-state index contributed by atoms with van der Waals surface area (Å²) in [7, 11) is 0. The fraction of sp³-hybridized carbons (Fsp3) is 0.846. The van der Waals surface area contributed by atoms with Gasteiger partial charge >= 0.3 is 12.0 Å². The molecule has 1 fully saturated rings. The number of carbonyl (C=O) groups excluding carboxylic acids is 1. The van der Waals surface area contributed by atoms with Crippen molar-refractivity contribution < 1.29 is 19.8 Å². The molecule has 7 heteroatoms. The molecule has 0 aromatic heterocycles. The minimum absolute atomic E-state index is 0.0174. The molecule has 1 unspecified atom stereocenters. The van der Waals surface area contributed by atoms with Gasteiger partial charge in [-0.3, -0.25) is 0 Å². The Hall–Kier alpha value is -0.950. The van der Waals surface area contributed by atoms with Crippen LogP contribution in [0.2, 0.25) is 0 Å². The number of aliphatic carboxylic acids is 1. The summed E-state index contributed by atoms with van der Waals surface area (Å²) in [6.45, 7) is 0.675. The molecule has 0 aromatic carbocycles. The van der Waals surface area contributed by atoms with Crippen molar-refractivity contribution in [1.29, 1.82) is 0 Å². The van der Waals surface area contributed by atoms with E-state index < -0.39 is 12.0 Å². The highest BCUT2D eigenvalue weighted by atomic mass is 32.2. The number of carbonyl (C=O) groups is 2. The van der Waals surface area contributed by atoms with Gasteiger partial charge in [0, 0.05) is 19.2 Å². The fourth-order valence-corrected chi connectivity index (χ4v) is 2.91. The van der Waals surface area contributed by atoms with Crippen LogP contribution in [0.1, 0.15) is 32.1 Å². The average molecular weight is 304 g/mol. The molecule has 1 aliphatic heterocycles. The maximum atomic E-state index is 12.2. The number of hydrogen-bond acceptors (Lipinski definition) is 4. The lowest BCUT2D eigenvalue weighted by molar-refractivity contribution is -0.139. The third-order valence-corrected chi connectivity index (χ3v) is 4.20. The molecule has 0 aromatic rings. The number of urea groups is 1. The number of likely N-dealkylation sites (tertiary alicyclic amines) is 1. The number of nitrogens with one attached hydrogen (secondary N) is 1. The van der Waals surface area contributed by atoms with E-state index in [2.05, 4.69) is 5.32 Å². The number of amides is 2.